The molecular formula is C23H40N6O9. The minimum atomic E-state index is -1.57. The lowest BCUT2D eigenvalue weighted by Gasteiger charge is -2.31. The summed E-state index contributed by atoms with van der Waals surface area (Å²) in [7, 11) is 0. The molecule has 0 aromatic heterocycles. The predicted octanol–water partition coefficient (Wildman–Crippen LogP) is -3.47. The molecule has 0 saturated carbocycles. The molecule has 0 spiro atoms. The number of nitrogens with one attached hydrogen (secondary N) is 3. The van der Waals surface area contributed by atoms with Crippen LogP contribution in [0, 0.1) is 5.92 Å². The zero-order chi connectivity index (χ0) is 29.3. The Hall–Kier alpha value is -3.30. The summed E-state index contributed by atoms with van der Waals surface area (Å²) in [5.74, 6) is -5.50. The van der Waals surface area contributed by atoms with Gasteiger partial charge in [0.1, 0.15) is 18.1 Å². The second-order valence-corrected chi connectivity index (χ2v) is 9.95. The van der Waals surface area contributed by atoms with Gasteiger partial charge in [0, 0.05) is 6.54 Å². The number of aliphatic hydroxyl groups excluding tert-OH is 2. The maximum Gasteiger partial charge on any atom is 0.328 e. The summed E-state index contributed by atoms with van der Waals surface area (Å²) in [5, 5.41) is 36.0. The van der Waals surface area contributed by atoms with Crippen LogP contribution in [0.4, 0.5) is 0 Å². The lowest BCUT2D eigenvalue weighted by atomic mass is 10.0. The lowest BCUT2D eigenvalue weighted by Crippen LogP contribution is -2.61. The van der Waals surface area contributed by atoms with Gasteiger partial charge in [0.05, 0.1) is 24.7 Å². The van der Waals surface area contributed by atoms with Gasteiger partial charge in [-0.25, -0.2) is 4.79 Å². The third-order valence-corrected chi connectivity index (χ3v) is 6.03. The van der Waals surface area contributed by atoms with Crippen molar-refractivity contribution in [3.8, 4) is 0 Å². The maximum absolute atomic E-state index is 13.5. The largest absolute Gasteiger partial charge is 0.480 e. The molecule has 216 valence electrons. The van der Waals surface area contributed by atoms with Crippen molar-refractivity contribution < 1.29 is 44.1 Å². The molecule has 15 heteroatoms. The number of aliphatic carboxylic acids is 1. The molecule has 7 atom stereocenters. The number of nitrogens with zero attached hydrogens (tertiary/aromatic N) is 1. The molecule has 1 aliphatic rings. The molecule has 1 fully saturated rings. The Morgan fingerprint density at radius 2 is 1.50 bits per heavy atom. The Labute approximate surface area is 220 Å². The fraction of sp³-hybridized carbons (Fsp3) is 0.739. The fourth-order valence-electron chi connectivity index (χ4n) is 4.07. The number of carbonyl (C=O) groups is 6. The highest BCUT2D eigenvalue weighted by molar-refractivity contribution is 5.96. The van der Waals surface area contributed by atoms with E-state index in [2.05, 4.69) is 16.0 Å². The number of hydrogen-bond acceptors (Lipinski definition) is 9. The van der Waals surface area contributed by atoms with Crippen LogP contribution in [-0.4, -0.2) is 105 Å². The van der Waals surface area contributed by atoms with E-state index in [0.717, 1.165) is 0 Å². The third-order valence-electron chi connectivity index (χ3n) is 6.03. The number of likely N-dealkylation sites (tertiary alicyclic amines) is 1. The van der Waals surface area contributed by atoms with Crippen LogP contribution < -0.4 is 27.4 Å². The van der Waals surface area contributed by atoms with Gasteiger partial charge in [-0.1, -0.05) is 13.8 Å². The minimum Gasteiger partial charge on any atom is -0.480 e. The van der Waals surface area contributed by atoms with Crippen molar-refractivity contribution in [2.75, 3.05) is 6.54 Å². The van der Waals surface area contributed by atoms with Crippen LogP contribution in [0.25, 0.3) is 0 Å². The van der Waals surface area contributed by atoms with Crippen molar-refractivity contribution >= 4 is 35.5 Å². The summed E-state index contributed by atoms with van der Waals surface area (Å²) in [6.07, 6.45) is -2.40. The smallest absolute Gasteiger partial charge is 0.328 e. The van der Waals surface area contributed by atoms with Crippen molar-refractivity contribution in [2.45, 2.75) is 95.8 Å². The molecule has 1 rings (SSSR count). The number of hydrogen-bond donors (Lipinski definition) is 8. The van der Waals surface area contributed by atoms with Crippen LogP contribution >= 0.6 is 0 Å². The van der Waals surface area contributed by atoms with E-state index >= 15 is 0 Å². The minimum absolute atomic E-state index is 0.0886. The van der Waals surface area contributed by atoms with Crippen LogP contribution in [0.5, 0.6) is 0 Å². The quantitative estimate of drug-likeness (QED) is 0.107. The van der Waals surface area contributed by atoms with Crippen LogP contribution in [-0.2, 0) is 28.8 Å². The van der Waals surface area contributed by atoms with Crippen LogP contribution in [0.3, 0.4) is 0 Å². The summed E-state index contributed by atoms with van der Waals surface area (Å²) >= 11 is 0. The molecular weight excluding hydrogens is 504 g/mol. The molecule has 1 heterocycles. The van der Waals surface area contributed by atoms with E-state index in [4.69, 9.17) is 11.5 Å². The molecule has 38 heavy (non-hydrogen) atoms. The second-order valence-electron chi connectivity index (χ2n) is 9.95. The van der Waals surface area contributed by atoms with Gasteiger partial charge < -0.3 is 47.6 Å². The Morgan fingerprint density at radius 1 is 0.921 bits per heavy atom. The van der Waals surface area contributed by atoms with Crippen molar-refractivity contribution in [2.24, 2.45) is 17.4 Å². The Morgan fingerprint density at radius 3 is 1.97 bits per heavy atom. The van der Waals surface area contributed by atoms with Gasteiger partial charge in [0.15, 0.2) is 6.04 Å². The van der Waals surface area contributed by atoms with Gasteiger partial charge in [0.2, 0.25) is 29.5 Å². The van der Waals surface area contributed by atoms with Gasteiger partial charge in [0.25, 0.3) is 0 Å². The van der Waals surface area contributed by atoms with Crippen LogP contribution in [0.15, 0.2) is 0 Å². The summed E-state index contributed by atoms with van der Waals surface area (Å²) in [5.41, 5.74) is 10.6. The van der Waals surface area contributed by atoms with Crippen molar-refractivity contribution in [1.82, 2.24) is 20.9 Å². The Balaban J connectivity index is 3.07. The first-order valence-electron chi connectivity index (χ1n) is 12.4. The van der Waals surface area contributed by atoms with Crippen molar-refractivity contribution in [3.05, 3.63) is 0 Å². The topological polar surface area (TPSA) is 254 Å². The maximum atomic E-state index is 13.5. The van der Waals surface area contributed by atoms with E-state index in [9.17, 15) is 44.1 Å². The third kappa shape index (κ3) is 9.54. The van der Waals surface area contributed by atoms with Gasteiger partial charge in [-0.15, -0.1) is 0 Å². The molecule has 1 saturated heterocycles. The summed E-state index contributed by atoms with van der Waals surface area (Å²) < 4.78 is 0. The molecule has 0 unspecified atom stereocenters. The number of aliphatic hydroxyl groups is 2. The fourth-order valence-corrected chi connectivity index (χ4v) is 4.07. The number of carboxylic acids is 1. The zero-order valence-corrected chi connectivity index (χ0v) is 22.0. The van der Waals surface area contributed by atoms with Gasteiger partial charge in [-0.2, -0.15) is 0 Å². The molecule has 0 aliphatic carbocycles. The second kappa shape index (κ2) is 14.6. The number of carboxylic acid groups (broad SMARTS) is 1. The number of rotatable bonds is 14. The number of carbonyl (C=O) groups excluding carboxylic acids is 5. The van der Waals surface area contributed by atoms with E-state index in [-0.39, 0.29) is 25.3 Å². The lowest BCUT2D eigenvalue weighted by molar-refractivity contribution is -0.147. The standard InChI is InChI=1S/C23H40N6O9/c1-10(2)8-14(26-21(35)17(11(3)30)27-19(33)13(24)9-16(25)32)22(36)29-7-5-6-15(29)20(34)28-18(12(4)31)23(37)38/h10-15,17-18,30-31H,5-9,24H2,1-4H3,(H2,25,32)(H,26,35)(H,27,33)(H,28,34)(H,37,38)/t11-,12-,13+,14+,15+,17+,18+/m1/s1. The Kier molecular flexibility index (Phi) is 12.6. The number of nitrogens with two attached hydrogens (primary N) is 2. The van der Waals surface area contributed by atoms with Gasteiger partial charge in [-0.05, 0) is 39.0 Å². The summed E-state index contributed by atoms with van der Waals surface area (Å²) in [6, 6.07) is -6.59. The number of primary amides is 1. The van der Waals surface area contributed by atoms with E-state index in [0.29, 0.717) is 6.42 Å². The first-order valence-corrected chi connectivity index (χ1v) is 12.4. The van der Waals surface area contributed by atoms with E-state index in [1.165, 1.54) is 18.7 Å². The predicted molar refractivity (Wildman–Crippen MR) is 133 cm³/mol. The van der Waals surface area contributed by atoms with Gasteiger partial charge in [-0.3, -0.25) is 24.0 Å². The molecule has 1 aliphatic heterocycles. The van der Waals surface area contributed by atoms with Crippen LogP contribution in [0.1, 0.15) is 53.4 Å². The van der Waals surface area contributed by atoms with Crippen molar-refractivity contribution in [1.29, 1.82) is 0 Å². The normalized spacial score (nSPS) is 20.0. The van der Waals surface area contributed by atoms with Crippen molar-refractivity contribution in [3.63, 3.8) is 0 Å². The molecule has 0 radical (unpaired) electrons. The van der Waals surface area contributed by atoms with Gasteiger partial charge >= 0.3 is 5.97 Å². The average Bonchev–Trinajstić information content (AvgIpc) is 3.28. The first kappa shape index (κ1) is 32.7. The molecule has 5 amide bonds. The van der Waals surface area contributed by atoms with E-state index in [1.54, 1.807) is 13.8 Å². The highest BCUT2D eigenvalue weighted by Crippen LogP contribution is 2.21. The molecule has 0 aromatic rings. The summed E-state index contributed by atoms with van der Waals surface area (Å²) in [4.78, 5) is 75.2. The van der Waals surface area contributed by atoms with E-state index < -0.39 is 84.3 Å². The first-order chi connectivity index (χ1) is 17.6. The Bertz CT molecular complexity index is 895. The molecule has 0 aromatic carbocycles. The van der Waals surface area contributed by atoms with Crippen LogP contribution in [0.2, 0.25) is 0 Å². The SMILES string of the molecule is CC(C)C[C@H](NC(=O)[C@@H](NC(=O)[C@@H](N)CC(N)=O)[C@@H](C)O)C(=O)N1CCC[C@H]1C(=O)N[C@H](C(=O)O)[C@@H](C)O. The zero-order valence-electron chi connectivity index (χ0n) is 22.0. The number of amides is 5. The highest BCUT2D eigenvalue weighted by atomic mass is 16.4. The average molecular weight is 545 g/mol. The van der Waals surface area contributed by atoms with E-state index in [1.807, 2.05) is 0 Å². The highest BCUT2D eigenvalue weighted by Gasteiger charge is 2.40. The molecule has 0 bridgehead atoms. The molecule has 10 N–H and O–H groups in total. The summed E-state index contributed by atoms with van der Waals surface area (Å²) in [6.45, 7) is 6.23. The monoisotopic (exact) mass is 544 g/mol. The molecule has 15 nitrogen and oxygen atoms in total.